The van der Waals surface area contributed by atoms with Gasteiger partial charge in [0.15, 0.2) is 9.84 Å². The molecule has 0 aliphatic heterocycles. The maximum atomic E-state index is 13.1. The molecule has 10 heteroatoms. The number of fused-ring (bicyclic) bond motifs is 1. The Labute approximate surface area is 221 Å². The molecule has 2 amide bonds. The van der Waals surface area contributed by atoms with Crippen LogP contribution in [0.4, 0.5) is 5.69 Å². The van der Waals surface area contributed by atoms with Gasteiger partial charge in [0, 0.05) is 47.0 Å². The van der Waals surface area contributed by atoms with Crippen LogP contribution in [0, 0.1) is 0 Å². The third kappa shape index (κ3) is 5.76. The van der Waals surface area contributed by atoms with Gasteiger partial charge in [-0.1, -0.05) is 19.1 Å². The summed E-state index contributed by atoms with van der Waals surface area (Å²) in [6.07, 6.45) is 2.58. The number of hydrogen-bond acceptors (Lipinski definition) is 6. The van der Waals surface area contributed by atoms with E-state index < -0.39 is 22.5 Å². The second kappa shape index (κ2) is 11.6. The second-order valence-corrected chi connectivity index (χ2v) is 11.1. The molecular formula is C28H30N4O5S. The molecule has 0 radical (unpaired) electrons. The van der Waals surface area contributed by atoms with E-state index in [9.17, 15) is 23.1 Å². The topological polar surface area (TPSA) is 130 Å². The van der Waals surface area contributed by atoms with Crippen molar-refractivity contribution in [2.45, 2.75) is 37.8 Å². The predicted octanol–water partition coefficient (Wildman–Crippen LogP) is 3.47. The molecule has 1 atom stereocenters. The number of aliphatic hydroxyl groups is 1. The SMILES string of the molecule is CCn1c(Cc2ccc(NC=O)cc2)cc2cc(C(=O)N[C@@H](CO)c3ccc(S(=O)(=O)CC)cn3)ccc21. The number of carbonyl (C=O) groups is 2. The maximum absolute atomic E-state index is 13.1. The molecule has 4 aromatic rings. The molecule has 0 aliphatic rings. The monoisotopic (exact) mass is 534 g/mol. The van der Waals surface area contributed by atoms with Gasteiger partial charge in [0.25, 0.3) is 5.91 Å². The number of aliphatic hydroxyl groups excluding tert-OH is 1. The summed E-state index contributed by atoms with van der Waals surface area (Å²) >= 11 is 0. The molecule has 9 nitrogen and oxygen atoms in total. The van der Waals surface area contributed by atoms with Crippen molar-refractivity contribution in [3.8, 4) is 0 Å². The third-order valence-corrected chi connectivity index (χ3v) is 8.19. The number of aromatic nitrogens is 2. The summed E-state index contributed by atoms with van der Waals surface area (Å²) < 4.78 is 26.3. The third-order valence-electron chi connectivity index (χ3n) is 6.47. The highest BCUT2D eigenvalue weighted by Crippen LogP contribution is 2.25. The van der Waals surface area contributed by atoms with Gasteiger partial charge in [-0.15, -0.1) is 0 Å². The maximum Gasteiger partial charge on any atom is 0.251 e. The van der Waals surface area contributed by atoms with Crippen LogP contribution in [0.1, 0.15) is 47.2 Å². The van der Waals surface area contributed by atoms with Gasteiger partial charge in [-0.25, -0.2) is 8.42 Å². The van der Waals surface area contributed by atoms with Crippen molar-refractivity contribution < 1.29 is 23.1 Å². The van der Waals surface area contributed by atoms with E-state index in [1.165, 1.54) is 18.3 Å². The molecule has 2 heterocycles. The van der Waals surface area contributed by atoms with Crippen molar-refractivity contribution in [3.05, 3.63) is 89.4 Å². The number of pyridine rings is 1. The minimum atomic E-state index is -3.39. The summed E-state index contributed by atoms with van der Waals surface area (Å²) in [4.78, 5) is 28.0. The number of aryl methyl sites for hydroxylation is 1. The number of nitrogens with one attached hydrogen (secondary N) is 2. The highest BCUT2D eigenvalue weighted by atomic mass is 32.2. The minimum Gasteiger partial charge on any atom is -0.394 e. The second-order valence-electron chi connectivity index (χ2n) is 8.82. The molecule has 2 aromatic carbocycles. The summed E-state index contributed by atoms with van der Waals surface area (Å²) in [5, 5.41) is 16.2. The van der Waals surface area contributed by atoms with Crippen LogP contribution in [-0.4, -0.2) is 47.8 Å². The largest absolute Gasteiger partial charge is 0.394 e. The first-order valence-electron chi connectivity index (χ1n) is 12.3. The zero-order valence-corrected chi connectivity index (χ0v) is 22.0. The van der Waals surface area contributed by atoms with Crippen LogP contribution in [-0.2, 0) is 27.6 Å². The first-order valence-corrected chi connectivity index (χ1v) is 14.0. The van der Waals surface area contributed by atoms with E-state index in [1.807, 2.05) is 36.4 Å². The molecule has 0 fully saturated rings. The predicted molar refractivity (Wildman–Crippen MR) is 146 cm³/mol. The number of sulfone groups is 1. The molecule has 2 aromatic heterocycles. The molecule has 0 aliphatic carbocycles. The molecule has 198 valence electrons. The Balaban J connectivity index is 1.54. The lowest BCUT2D eigenvalue weighted by molar-refractivity contribution is -0.105. The fourth-order valence-corrected chi connectivity index (χ4v) is 5.21. The fourth-order valence-electron chi connectivity index (χ4n) is 4.39. The summed E-state index contributed by atoms with van der Waals surface area (Å²) in [5.74, 6) is -0.411. The number of carbonyl (C=O) groups excluding carboxylic acids is 2. The van der Waals surface area contributed by atoms with Crippen molar-refractivity contribution in [2.75, 3.05) is 17.7 Å². The first-order chi connectivity index (χ1) is 18.3. The smallest absolute Gasteiger partial charge is 0.251 e. The quantitative estimate of drug-likeness (QED) is 0.253. The molecule has 3 N–H and O–H groups in total. The fraction of sp³-hybridized carbons (Fsp3) is 0.250. The Morgan fingerprint density at radius 3 is 2.45 bits per heavy atom. The van der Waals surface area contributed by atoms with E-state index in [1.54, 1.807) is 13.0 Å². The standard InChI is InChI=1S/C28H30N4O5S/c1-3-32-23(13-19-5-8-22(9-6-19)30-18-34)15-21-14-20(7-12-27(21)32)28(35)31-26(17-33)25-11-10-24(16-29-25)38(36,37)4-2/h5-12,14-16,18,26,33H,3-4,13,17H2,1-2H3,(H,30,34)(H,31,35)/t26-/m0/s1. The first kappa shape index (κ1) is 27.0. The van der Waals surface area contributed by atoms with Crippen molar-refractivity contribution >= 4 is 38.7 Å². The minimum absolute atomic E-state index is 0.0384. The van der Waals surface area contributed by atoms with E-state index in [-0.39, 0.29) is 16.6 Å². The van der Waals surface area contributed by atoms with Crippen LogP contribution >= 0.6 is 0 Å². The number of rotatable bonds is 11. The molecule has 0 spiro atoms. The molecule has 0 saturated heterocycles. The lowest BCUT2D eigenvalue weighted by Gasteiger charge is -2.16. The van der Waals surface area contributed by atoms with E-state index in [4.69, 9.17) is 0 Å². The van der Waals surface area contributed by atoms with Crippen LogP contribution in [0.3, 0.4) is 0 Å². The molecule has 0 unspecified atom stereocenters. The van der Waals surface area contributed by atoms with Crippen LogP contribution in [0.25, 0.3) is 10.9 Å². The number of benzene rings is 2. The summed E-state index contributed by atoms with van der Waals surface area (Å²) in [6, 6.07) is 17.3. The molecule has 0 bridgehead atoms. The van der Waals surface area contributed by atoms with Crippen molar-refractivity contribution in [3.63, 3.8) is 0 Å². The summed E-state index contributed by atoms with van der Waals surface area (Å²) in [6.45, 7) is 3.99. The number of anilines is 1. The number of nitrogens with zero attached hydrogens (tertiary/aromatic N) is 2. The highest BCUT2D eigenvalue weighted by molar-refractivity contribution is 7.91. The van der Waals surface area contributed by atoms with Crippen LogP contribution in [0.2, 0.25) is 0 Å². The summed E-state index contributed by atoms with van der Waals surface area (Å²) in [7, 11) is -3.39. The average molecular weight is 535 g/mol. The highest BCUT2D eigenvalue weighted by Gasteiger charge is 2.19. The van der Waals surface area contributed by atoms with Crippen LogP contribution in [0.15, 0.2) is 71.8 Å². The lowest BCUT2D eigenvalue weighted by atomic mass is 10.1. The van der Waals surface area contributed by atoms with E-state index in [0.29, 0.717) is 24.1 Å². The van der Waals surface area contributed by atoms with Gasteiger partial charge < -0.3 is 20.3 Å². The Morgan fingerprint density at radius 1 is 1.08 bits per heavy atom. The average Bonchev–Trinajstić information content (AvgIpc) is 3.28. The Kier molecular flexibility index (Phi) is 8.23. The molecule has 0 saturated carbocycles. The van der Waals surface area contributed by atoms with Gasteiger partial charge in [0.05, 0.1) is 29.0 Å². The van der Waals surface area contributed by atoms with Crippen LogP contribution < -0.4 is 10.6 Å². The van der Waals surface area contributed by atoms with E-state index in [0.717, 1.165) is 34.4 Å². The Morgan fingerprint density at radius 2 is 1.84 bits per heavy atom. The Bertz CT molecular complexity index is 1540. The van der Waals surface area contributed by atoms with Gasteiger partial charge in [0.2, 0.25) is 6.41 Å². The zero-order chi connectivity index (χ0) is 27.3. The van der Waals surface area contributed by atoms with Gasteiger partial charge in [-0.2, -0.15) is 0 Å². The van der Waals surface area contributed by atoms with E-state index >= 15 is 0 Å². The lowest BCUT2D eigenvalue weighted by Crippen LogP contribution is -2.31. The zero-order valence-electron chi connectivity index (χ0n) is 21.2. The number of amides is 2. The van der Waals surface area contributed by atoms with Gasteiger partial charge in [-0.05, 0) is 61.0 Å². The normalized spacial score (nSPS) is 12.3. The molecular weight excluding hydrogens is 504 g/mol. The van der Waals surface area contributed by atoms with Crippen molar-refractivity contribution in [2.24, 2.45) is 0 Å². The van der Waals surface area contributed by atoms with Gasteiger partial charge in [-0.3, -0.25) is 14.6 Å². The molecule has 4 rings (SSSR count). The van der Waals surface area contributed by atoms with Crippen molar-refractivity contribution in [1.29, 1.82) is 0 Å². The van der Waals surface area contributed by atoms with Gasteiger partial charge >= 0.3 is 0 Å². The number of hydrogen-bond donors (Lipinski definition) is 3. The Hall–Kier alpha value is -4.02. The molecule has 38 heavy (non-hydrogen) atoms. The van der Waals surface area contributed by atoms with E-state index in [2.05, 4.69) is 33.2 Å². The van der Waals surface area contributed by atoms with Crippen molar-refractivity contribution in [1.82, 2.24) is 14.9 Å². The summed E-state index contributed by atoms with van der Waals surface area (Å²) in [5.41, 5.74) is 4.72. The van der Waals surface area contributed by atoms with Gasteiger partial charge in [0.1, 0.15) is 0 Å². The van der Waals surface area contributed by atoms with Crippen LogP contribution in [0.5, 0.6) is 0 Å².